The Kier molecular flexibility index (Phi) is 4.60. The van der Waals surface area contributed by atoms with Crippen LogP contribution in [0.3, 0.4) is 0 Å². The van der Waals surface area contributed by atoms with Crippen molar-refractivity contribution in [2.75, 3.05) is 18.7 Å². The fraction of sp³-hybridized carbons (Fsp3) is 0.353. The summed E-state index contributed by atoms with van der Waals surface area (Å²) in [5.41, 5.74) is 0.554. The van der Waals surface area contributed by atoms with Crippen molar-refractivity contribution in [2.45, 2.75) is 29.5 Å². The highest BCUT2D eigenvalue weighted by Crippen LogP contribution is 2.35. The zero-order valence-electron chi connectivity index (χ0n) is 13.9. The number of sulfonamides is 1. The Hall–Kier alpha value is -2.10. The maximum absolute atomic E-state index is 12.9. The molecule has 1 aromatic heterocycles. The molecule has 1 aromatic carbocycles. The number of nitrogens with zero attached hydrogens (tertiary/aromatic N) is 1. The molecule has 0 radical (unpaired) electrons. The molecule has 9 heteroatoms. The second-order valence-corrected chi connectivity index (χ2v) is 9.18. The minimum atomic E-state index is -3.67. The summed E-state index contributed by atoms with van der Waals surface area (Å²) in [5.74, 6) is 0.862. The van der Waals surface area contributed by atoms with Crippen LogP contribution in [0.25, 0.3) is 0 Å². The normalized spacial score (nSPS) is 20.1. The van der Waals surface area contributed by atoms with Gasteiger partial charge in [0.15, 0.2) is 11.5 Å². The van der Waals surface area contributed by atoms with Gasteiger partial charge >= 0.3 is 0 Å². The second kappa shape index (κ2) is 6.90. The first-order chi connectivity index (χ1) is 12.6. The Bertz CT molecular complexity index is 911. The topological polar surface area (TPSA) is 84.9 Å². The van der Waals surface area contributed by atoms with Gasteiger partial charge in [-0.25, -0.2) is 8.42 Å². The summed E-state index contributed by atoms with van der Waals surface area (Å²) in [4.78, 5) is 12.8. The average molecular weight is 394 g/mol. The number of fused-ring (bicyclic) bond motifs is 1. The first-order valence-corrected chi connectivity index (χ1v) is 10.6. The number of thiophene rings is 1. The van der Waals surface area contributed by atoms with Crippen LogP contribution in [-0.4, -0.2) is 38.0 Å². The number of carbonyl (C=O) groups is 1. The van der Waals surface area contributed by atoms with E-state index in [0.717, 1.165) is 24.2 Å². The third kappa shape index (κ3) is 3.17. The van der Waals surface area contributed by atoms with Crippen LogP contribution >= 0.6 is 11.3 Å². The molecule has 0 spiro atoms. The largest absolute Gasteiger partial charge is 0.454 e. The molecular weight excluding hydrogens is 376 g/mol. The predicted molar refractivity (Wildman–Crippen MR) is 97.0 cm³/mol. The van der Waals surface area contributed by atoms with E-state index >= 15 is 0 Å². The Morgan fingerprint density at radius 2 is 2.04 bits per heavy atom. The van der Waals surface area contributed by atoms with Gasteiger partial charge in [-0.15, -0.1) is 11.3 Å². The molecule has 1 N–H and O–H groups in total. The molecule has 1 atom stereocenters. The molecule has 0 saturated carbocycles. The summed E-state index contributed by atoms with van der Waals surface area (Å²) < 4.78 is 37.9. The van der Waals surface area contributed by atoms with Gasteiger partial charge in [-0.2, -0.15) is 4.31 Å². The van der Waals surface area contributed by atoms with Crippen LogP contribution in [0.4, 0.5) is 5.69 Å². The minimum Gasteiger partial charge on any atom is -0.454 e. The molecule has 3 heterocycles. The van der Waals surface area contributed by atoms with Gasteiger partial charge in [-0.3, -0.25) is 4.79 Å². The van der Waals surface area contributed by atoms with Crippen LogP contribution < -0.4 is 14.8 Å². The first-order valence-electron chi connectivity index (χ1n) is 8.31. The van der Waals surface area contributed by atoms with E-state index < -0.39 is 16.1 Å². The minimum absolute atomic E-state index is 0.155. The summed E-state index contributed by atoms with van der Waals surface area (Å²) >= 11 is 1.16. The van der Waals surface area contributed by atoms with Gasteiger partial charge in [0.05, 0.1) is 0 Å². The second-order valence-electron chi connectivity index (χ2n) is 6.12. The zero-order chi connectivity index (χ0) is 18.1. The van der Waals surface area contributed by atoms with Crippen LogP contribution in [-0.2, 0) is 14.8 Å². The maximum Gasteiger partial charge on any atom is 0.253 e. The highest BCUT2D eigenvalue weighted by atomic mass is 32.2. The smallest absolute Gasteiger partial charge is 0.253 e. The fourth-order valence-corrected chi connectivity index (χ4v) is 5.96. The average Bonchev–Trinajstić information content (AvgIpc) is 3.33. The molecule has 4 rings (SSSR count). The SMILES string of the molecule is O=C(Nc1ccc2c(c1)OCO2)[C@@H]1CCCCN1S(=O)(=O)c1cccs1. The number of piperidine rings is 1. The van der Waals surface area contributed by atoms with Crippen molar-refractivity contribution in [2.24, 2.45) is 0 Å². The standard InChI is InChI=1S/C17H18N2O5S2/c20-17(18-12-6-7-14-15(10-12)24-11-23-14)13-4-1-2-8-19(13)26(21,22)16-5-3-9-25-16/h3,5-7,9-10,13H,1-2,4,8,11H2,(H,18,20)/t13-/m0/s1. The van der Waals surface area contributed by atoms with Gasteiger partial charge in [-0.1, -0.05) is 12.5 Å². The zero-order valence-corrected chi connectivity index (χ0v) is 15.5. The van der Waals surface area contributed by atoms with Crippen molar-refractivity contribution in [3.05, 3.63) is 35.7 Å². The third-order valence-electron chi connectivity index (χ3n) is 4.45. The van der Waals surface area contributed by atoms with E-state index in [4.69, 9.17) is 9.47 Å². The number of anilines is 1. The van der Waals surface area contributed by atoms with Crippen molar-refractivity contribution < 1.29 is 22.7 Å². The van der Waals surface area contributed by atoms with Crippen LogP contribution in [0.15, 0.2) is 39.9 Å². The molecular formula is C17H18N2O5S2. The summed E-state index contributed by atoms with van der Waals surface area (Å²) in [5, 5.41) is 4.53. The van der Waals surface area contributed by atoms with Crippen LogP contribution in [0.2, 0.25) is 0 Å². The Labute approximate surface area is 155 Å². The van der Waals surface area contributed by atoms with E-state index in [1.807, 2.05) is 0 Å². The molecule has 1 amide bonds. The van der Waals surface area contributed by atoms with Gasteiger partial charge in [0.1, 0.15) is 10.3 Å². The van der Waals surface area contributed by atoms with Crippen LogP contribution in [0.1, 0.15) is 19.3 Å². The summed E-state index contributed by atoms with van der Waals surface area (Å²) in [6.07, 6.45) is 2.06. The summed E-state index contributed by atoms with van der Waals surface area (Å²) in [6.45, 7) is 0.502. The number of ether oxygens (including phenoxy) is 2. The number of hydrogen-bond donors (Lipinski definition) is 1. The van der Waals surface area contributed by atoms with E-state index in [9.17, 15) is 13.2 Å². The molecule has 0 unspecified atom stereocenters. The molecule has 1 saturated heterocycles. The quantitative estimate of drug-likeness (QED) is 0.862. The number of carbonyl (C=O) groups excluding carboxylic acids is 1. The van der Waals surface area contributed by atoms with Crippen molar-refractivity contribution in [3.8, 4) is 11.5 Å². The lowest BCUT2D eigenvalue weighted by atomic mass is 10.0. The molecule has 0 bridgehead atoms. The highest BCUT2D eigenvalue weighted by molar-refractivity contribution is 7.91. The molecule has 0 aliphatic carbocycles. The van der Waals surface area contributed by atoms with Gasteiger partial charge in [0.2, 0.25) is 12.7 Å². The lowest BCUT2D eigenvalue weighted by Crippen LogP contribution is -2.49. The molecule has 2 aliphatic rings. The van der Waals surface area contributed by atoms with E-state index in [1.54, 1.807) is 35.7 Å². The number of rotatable bonds is 4. The van der Waals surface area contributed by atoms with Crippen molar-refractivity contribution in [1.29, 1.82) is 0 Å². The van der Waals surface area contributed by atoms with Crippen molar-refractivity contribution in [3.63, 3.8) is 0 Å². The molecule has 26 heavy (non-hydrogen) atoms. The van der Waals surface area contributed by atoms with Crippen molar-refractivity contribution in [1.82, 2.24) is 4.31 Å². The summed E-state index contributed by atoms with van der Waals surface area (Å²) in [6, 6.07) is 7.66. The lowest BCUT2D eigenvalue weighted by Gasteiger charge is -2.33. The highest BCUT2D eigenvalue weighted by Gasteiger charge is 2.38. The first kappa shape index (κ1) is 17.3. The van der Waals surface area contributed by atoms with Gasteiger partial charge < -0.3 is 14.8 Å². The number of benzene rings is 1. The molecule has 138 valence electrons. The van der Waals surface area contributed by atoms with Crippen LogP contribution in [0.5, 0.6) is 11.5 Å². The molecule has 2 aliphatic heterocycles. The molecule has 2 aromatic rings. The van der Waals surface area contributed by atoms with Gasteiger partial charge in [-0.05, 0) is 36.4 Å². The number of nitrogens with one attached hydrogen (secondary N) is 1. The van der Waals surface area contributed by atoms with Gasteiger partial charge in [0, 0.05) is 18.3 Å². The van der Waals surface area contributed by atoms with E-state index in [1.165, 1.54) is 4.31 Å². The number of hydrogen-bond acceptors (Lipinski definition) is 6. The van der Waals surface area contributed by atoms with E-state index in [2.05, 4.69) is 5.32 Å². The van der Waals surface area contributed by atoms with Crippen LogP contribution in [0, 0.1) is 0 Å². The molecule has 1 fully saturated rings. The fourth-order valence-electron chi connectivity index (χ4n) is 3.18. The van der Waals surface area contributed by atoms with E-state index in [0.29, 0.717) is 30.2 Å². The third-order valence-corrected chi connectivity index (χ3v) is 7.74. The Morgan fingerprint density at radius 3 is 2.85 bits per heavy atom. The maximum atomic E-state index is 12.9. The summed E-state index contributed by atoms with van der Waals surface area (Å²) in [7, 11) is -3.67. The lowest BCUT2D eigenvalue weighted by molar-refractivity contribution is -0.120. The van der Waals surface area contributed by atoms with Crippen molar-refractivity contribution >= 4 is 33.0 Å². The number of amides is 1. The van der Waals surface area contributed by atoms with Gasteiger partial charge in [0.25, 0.3) is 10.0 Å². The Balaban J connectivity index is 1.55. The monoisotopic (exact) mass is 394 g/mol. The van der Waals surface area contributed by atoms with E-state index in [-0.39, 0.29) is 16.9 Å². The predicted octanol–water partition coefficient (Wildman–Crippen LogP) is 2.66. The Morgan fingerprint density at radius 1 is 1.19 bits per heavy atom. The molecule has 7 nitrogen and oxygen atoms in total.